The number of hydrogen-bond donors (Lipinski definition) is 1. The summed E-state index contributed by atoms with van der Waals surface area (Å²) in [6, 6.07) is 1.49. The number of halogens is 1. The highest BCUT2D eigenvalue weighted by molar-refractivity contribution is 14.0. The van der Waals surface area contributed by atoms with Crippen molar-refractivity contribution in [3.63, 3.8) is 0 Å². The summed E-state index contributed by atoms with van der Waals surface area (Å²) in [5.41, 5.74) is 0. The van der Waals surface area contributed by atoms with Crippen LogP contribution < -0.4 is 5.32 Å². The quantitative estimate of drug-likeness (QED) is 0.436. The van der Waals surface area contributed by atoms with Gasteiger partial charge in [0, 0.05) is 20.4 Å². The van der Waals surface area contributed by atoms with E-state index in [0.29, 0.717) is 0 Å². The largest absolute Gasteiger partial charge is 0.319 e. The molecule has 1 nitrogen and oxygen atoms in total. The molecule has 1 N–H and O–H groups in total. The molecular formula is C9H24INSSi. The third-order valence-corrected chi connectivity index (χ3v) is 4.64. The fourth-order valence-electron chi connectivity index (χ4n) is 0.981. The topological polar surface area (TPSA) is 12.0 Å². The van der Waals surface area contributed by atoms with E-state index in [-0.39, 0.29) is 24.0 Å². The number of rotatable bonds is 7. The molecule has 0 saturated heterocycles. The maximum atomic E-state index is 3.16. The van der Waals surface area contributed by atoms with Gasteiger partial charge < -0.3 is 5.32 Å². The Morgan fingerprint density at radius 1 is 1.15 bits per heavy atom. The average Bonchev–Trinajstić information content (AvgIpc) is 1.94. The molecule has 82 valence electrons. The van der Waals surface area contributed by atoms with Gasteiger partial charge in [-0.05, 0) is 19.2 Å². The van der Waals surface area contributed by atoms with Crippen molar-refractivity contribution in [2.45, 2.75) is 32.1 Å². The maximum absolute atomic E-state index is 3.16. The molecule has 0 fully saturated rings. The first-order valence-corrected chi connectivity index (χ1v) is 9.65. The lowest BCUT2D eigenvalue weighted by Gasteiger charge is -2.14. The third-order valence-electron chi connectivity index (χ3n) is 1.71. The third kappa shape index (κ3) is 16.0. The van der Waals surface area contributed by atoms with E-state index in [1.165, 1.54) is 24.0 Å². The molecule has 0 radical (unpaired) electrons. The fourth-order valence-corrected chi connectivity index (χ4v) is 3.38. The molecule has 0 unspecified atom stereocenters. The van der Waals surface area contributed by atoms with Crippen molar-refractivity contribution in [1.29, 1.82) is 0 Å². The van der Waals surface area contributed by atoms with Crippen molar-refractivity contribution >= 4 is 43.8 Å². The van der Waals surface area contributed by atoms with Gasteiger partial charge in [0.15, 0.2) is 0 Å². The smallest absolute Gasteiger partial charge is 0.0442 e. The van der Waals surface area contributed by atoms with Crippen molar-refractivity contribution in [3.8, 4) is 0 Å². The Kier molecular flexibility index (Phi) is 12.6. The van der Waals surface area contributed by atoms with Crippen LogP contribution >= 0.6 is 35.7 Å². The Labute approximate surface area is 106 Å². The zero-order chi connectivity index (χ0) is 9.45. The molecule has 0 aromatic heterocycles. The van der Waals surface area contributed by atoms with Gasteiger partial charge in [0.1, 0.15) is 0 Å². The van der Waals surface area contributed by atoms with Gasteiger partial charge in [-0.15, -0.1) is 24.0 Å². The molecule has 4 heteroatoms. The van der Waals surface area contributed by atoms with Gasteiger partial charge in [-0.2, -0.15) is 11.8 Å². The molecule has 0 heterocycles. The predicted octanol–water partition coefficient (Wildman–Crippen LogP) is 3.29. The Morgan fingerprint density at radius 2 is 1.77 bits per heavy atom. The van der Waals surface area contributed by atoms with Gasteiger partial charge in [0.2, 0.25) is 0 Å². The number of hydrogen-bond acceptors (Lipinski definition) is 2. The van der Waals surface area contributed by atoms with Crippen molar-refractivity contribution in [2.24, 2.45) is 0 Å². The zero-order valence-corrected chi connectivity index (χ0v) is 13.5. The molecule has 0 aromatic carbocycles. The van der Waals surface area contributed by atoms with Gasteiger partial charge in [-0.25, -0.2) is 0 Å². The normalized spacial score (nSPS) is 11.1. The van der Waals surface area contributed by atoms with Crippen LogP contribution in [0.3, 0.4) is 0 Å². The highest BCUT2D eigenvalue weighted by Crippen LogP contribution is 2.13. The molecular weight excluding hydrogens is 309 g/mol. The lowest BCUT2D eigenvalue weighted by atomic mass is 10.6. The van der Waals surface area contributed by atoms with Gasteiger partial charge in [-0.1, -0.05) is 25.7 Å². The summed E-state index contributed by atoms with van der Waals surface area (Å²) in [4.78, 5) is 0. The molecule has 0 aromatic rings. The van der Waals surface area contributed by atoms with E-state index < -0.39 is 8.07 Å². The van der Waals surface area contributed by atoms with E-state index in [9.17, 15) is 0 Å². The van der Waals surface area contributed by atoms with Crippen LogP contribution in [0.1, 0.15) is 6.42 Å². The summed E-state index contributed by atoms with van der Waals surface area (Å²) >= 11 is 2.08. The van der Waals surface area contributed by atoms with Gasteiger partial charge >= 0.3 is 0 Å². The minimum atomic E-state index is -0.755. The van der Waals surface area contributed by atoms with Crippen LogP contribution in [0, 0.1) is 0 Å². The first-order valence-electron chi connectivity index (χ1n) is 4.78. The van der Waals surface area contributed by atoms with Gasteiger partial charge in [-0.3, -0.25) is 0 Å². The predicted molar refractivity (Wildman–Crippen MR) is 79.4 cm³/mol. The summed E-state index contributed by atoms with van der Waals surface area (Å²) in [7, 11) is 1.26. The Bertz CT molecular complexity index is 106. The van der Waals surface area contributed by atoms with Crippen LogP contribution in [-0.2, 0) is 0 Å². The van der Waals surface area contributed by atoms with E-state index in [2.05, 4.69) is 36.7 Å². The molecule has 0 aliphatic carbocycles. The lowest BCUT2D eigenvalue weighted by molar-refractivity contribution is 0.871. The van der Waals surface area contributed by atoms with Gasteiger partial charge in [0.05, 0.1) is 0 Å². The Balaban J connectivity index is 0. The van der Waals surface area contributed by atoms with E-state index in [1.54, 1.807) is 0 Å². The second kappa shape index (κ2) is 9.80. The minimum Gasteiger partial charge on any atom is -0.319 e. The lowest BCUT2D eigenvalue weighted by Crippen LogP contribution is -2.19. The van der Waals surface area contributed by atoms with Crippen LogP contribution in [0.2, 0.25) is 25.7 Å². The first kappa shape index (κ1) is 16.7. The SMILES string of the molecule is CNCCSCCC[Si](C)(C)C.I. The highest BCUT2D eigenvalue weighted by atomic mass is 127. The van der Waals surface area contributed by atoms with Crippen molar-refractivity contribution in [2.75, 3.05) is 25.1 Å². The second-order valence-corrected chi connectivity index (χ2v) is 11.2. The Hall–Kier alpha value is 1.26. The number of thioether (sulfide) groups is 1. The minimum absolute atomic E-state index is 0. The van der Waals surface area contributed by atoms with Crippen LogP contribution in [0.25, 0.3) is 0 Å². The average molecular weight is 333 g/mol. The van der Waals surface area contributed by atoms with Crippen LogP contribution in [0.15, 0.2) is 0 Å². The van der Waals surface area contributed by atoms with E-state index >= 15 is 0 Å². The fraction of sp³-hybridized carbons (Fsp3) is 1.00. The molecule has 0 atom stereocenters. The van der Waals surface area contributed by atoms with Crippen LogP contribution in [-0.4, -0.2) is 33.2 Å². The molecule has 0 saturated carbocycles. The van der Waals surface area contributed by atoms with E-state index in [1.807, 2.05) is 7.05 Å². The number of nitrogens with one attached hydrogen (secondary N) is 1. The highest BCUT2D eigenvalue weighted by Gasteiger charge is 2.11. The molecule has 0 spiro atoms. The van der Waals surface area contributed by atoms with Gasteiger partial charge in [0.25, 0.3) is 0 Å². The first-order chi connectivity index (χ1) is 5.56. The second-order valence-electron chi connectivity index (χ2n) is 4.38. The molecule has 0 aliphatic heterocycles. The summed E-state index contributed by atoms with van der Waals surface area (Å²) in [6.45, 7) is 8.50. The van der Waals surface area contributed by atoms with Crippen LogP contribution in [0.5, 0.6) is 0 Å². The molecule has 0 bridgehead atoms. The summed E-state index contributed by atoms with van der Waals surface area (Å²) in [5, 5.41) is 3.16. The standard InChI is InChI=1S/C9H23NSSi.HI/c1-10-6-8-11-7-5-9-12(2,3)4;/h10H,5-9H2,1-4H3;1H. The van der Waals surface area contributed by atoms with E-state index in [0.717, 1.165) is 6.54 Å². The summed E-state index contributed by atoms with van der Waals surface area (Å²) in [5.74, 6) is 2.62. The zero-order valence-electron chi connectivity index (χ0n) is 9.35. The summed E-state index contributed by atoms with van der Waals surface area (Å²) < 4.78 is 0. The molecule has 0 amide bonds. The maximum Gasteiger partial charge on any atom is 0.0442 e. The van der Waals surface area contributed by atoms with Crippen molar-refractivity contribution in [3.05, 3.63) is 0 Å². The molecule has 13 heavy (non-hydrogen) atoms. The van der Waals surface area contributed by atoms with Crippen molar-refractivity contribution in [1.82, 2.24) is 5.32 Å². The molecule has 0 aliphatic rings. The summed E-state index contributed by atoms with van der Waals surface area (Å²) in [6.07, 6.45) is 1.42. The van der Waals surface area contributed by atoms with E-state index in [4.69, 9.17) is 0 Å². The molecule has 0 rings (SSSR count). The van der Waals surface area contributed by atoms with Crippen molar-refractivity contribution < 1.29 is 0 Å². The van der Waals surface area contributed by atoms with Crippen LogP contribution in [0.4, 0.5) is 0 Å². The monoisotopic (exact) mass is 333 g/mol. The Morgan fingerprint density at radius 3 is 2.23 bits per heavy atom.